The highest BCUT2D eigenvalue weighted by molar-refractivity contribution is 5.27. The van der Waals surface area contributed by atoms with Gasteiger partial charge in [-0.3, -0.25) is 14.6 Å². The maximum atomic E-state index is 11.7. The van der Waals surface area contributed by atoms with Crippen molar-refractivity contribution in [2.24, 2.45) is 7.05 Å². The minimum absolute atomic E-state index is 0.146. The lowest BCUT2D eigenvalue weighted by atomic mass is 10.0. The van der Waals surface area contributed by atoms with Crippen molar-refractivity contribution < 1.29 is 0 Å². The van der Waals surface area contributed by atoms with Gasteiger partial charge in [0.2, 0.25) is 0 Å². The molecule has 0 aliphatic carbocycles. The summed E-state index contributed by atoms with van der Waals surface area (Å²) in [6, 6.07) is 0.911. The lowest BCUT2D eigenvalue weighted by molar-refractivity contribution is 0.509. The molecule has 0 aromatic carbocycles. The van der Waals surface area contributed by atoms with E-state index in [0.717, 1.165) is 24.1 Å². The van der Waals surface area contributed by atoms with Gasteiger partial charge in [-0.15, -0.1) is 0 Å². The van der Waals surface area contributed by atoms with E-state index in [1.165, 1.54) is 6.42 Å². The van der Waals surface area contributed by atoms with Crippen LogP contribution in [-0.2, 0) is 13.5 Å². The first-order chi connectivity index (χ1) is 6.25. The smallest absolute Gasteiger partial charge is 0.271 e. The number of aromatic amines is 1. The van der Waals surface area contributed by atoms with Crippen LogP contribution in [0, 0.1) is 0 Å². The first-order valence-electron chi connectivity index (χ1n) is 4.79. The second kappa shape index (κ2) is 2.26. The topological polar surface area (TPSA) is 49.8 Å². The summed E-state index contributed by atoms with van der Waals surface area (Å²) in [7, 11) is 1.79. The number of hydrogen-bond acceptors (Lipinski definition) is 2. The number of nitrogens with one attached hydrogen (secondary N) is 2. The van der Waals surface area contributed by atoms with Crippen LogP contribution in [0.5, 0.6) is 0 Å². The van der Waals surface area contributed by atoms with E-state index in [1.807, 2.05) is 0 Å². The summed E-state index contributed by atoms with van der Waals surface area (Å²) < 4.78 is 1.59. The molecule has 3 rings (SSSR count). The monoisotopic (exact) mass is 179 g/mol. The van der Waals surface area contributed by atoms with Crippen LogP contribution in [0.4, 0.5) is 0 Å². The largest absolute Gasteiger partial charge is 0.307 e. The van der Waals surface area contributed by atoms with Crippen LogP contribution < -0.4 is 10.9 Å². The molecule has 1 aromatic heterocycles. The predicted octanol–water partition coefficient (Wildman–Crippen LogP) is 0.0626. The van der Waals surface area contributed by atoms with Crippen molar-refractivity contribution >= 4 is 0 Å². The Morgan fingerprint density at radius 3 is 3.15 bits per heavy atom. The van der Waals surface area contributed by atoms with Gasteiger partial charge in [0, 0.05) is 31.2 Å². The second-order valence-corrected chi connectivity index (χ2v) is 4.07. The van der Waals surface area contributed by atoms with Crippen molar-refractivity contribution in [3.05, 3.63) is 21.6 Å². The summed E-state index contributed by atoms with van der Waals surface area (Å²) in [6.07, 6.45) is 3.31. The number of hydrogen-bond donors (Lipinski definition) is 2. The van der Waals surface area contributed by atoms with E-state index in [4.69, 9.17) is 0 Å². The van der Waals surface area contributed by atoms with Gasteiger partial charge in [-0.1, -0.05) is 0 Å². The molecule has 0 spiro atoms. The number of aromatic nitrogens is 2. The molecule has 4 nitrogen and oxygen atoms in total. The zero-order valence-corrected chi connectivity index (χ0v) is 7.63. The molecular formula is C9H13N3O. The standard InChI is InChI=1S/C9H13N3O/c1-12-9(13)8-6-3-2-5(10-6)4-7(8)11-12/h5-6,10-11H,2-4H2,1H3/t5-,6+/m0/s1. The van der Waals surface area contributed by atoms with Gasteiger partial charge in [0.05, 0.1) is 5.56 Å². The molecule has 1 saturated heterocycles. The van der Waals surface area contributed by atoms with E-state index >= 15 is 0 Å². The Morgan fingerprint density at radius 2 is 2.31 bits per heavy atom. The molecule has 0 radical (unpaired) electrons. The molecule has 2 atom stereocenters. The first-order valence-corrected chi connectivity index (χ1v) is 4.79. The number of H-pyrrole nitrogens is 1. The van der Waals surface area contributed by atoms with Crippen molar-refractivity contribution in [1.29, 1.82) is 0 Å². The summed E-state index contributed by atoms with van der Waals surface area (Å²) in [5, 5.41) is 6.60. The Hall–Kier alpha value is -1.03. The van der Waals surface area contributed by atoms with Crippen LogP contribution in [-0.4, -0.2) is 15.8 Å². The summed E-state index contributed by atoms with van der Waals surface area (Å²) in [6.45, 7) is 0. The van der Waals surface area contributed by atoms with E-state index in [9.17, 15) is 4.79 Å². The Labute approximate surface area is 75.9 Å². The lowest BCUT2D eigenvalue weighted by Gasteiger charge is -2.19. The Kier molecular flexibility index (Phi) is 1.28. The van der Waals surface area contributed by atoms with Crippen molar-refractivity contribution in [3.63, 3.8) is 0 Å². The average Bonchev–Trinajstić information content (AvgIpc) is 2.59. The van der Waals surface area contributed by atoms with Crippen LogP contribution in [0.1, 0.15) is 30.1 Å². The Bertz CT molecular complexity index is 403. The third kappa shape index (κ3) is 0.864. The molecule has 2 aliphatic rings. The van der Waals surface area contributed by atoms with Gasteiger partial charge < -0.3 is 5.32 Å². The quantitative estimate of drug-likeness (QED) is 0.592. The molecule has 2 aliphatic heterocycles. The highest BCUT2D eigenvalue weighted by atomic mass is 16.1. The fourth-order valence-corrected chi connectivity index (χ4v) is 2.59. The molecule has 1 fully saturated rings. The van der Waals surface area contributed by atoms with Crippen molar-refractivity contribution in [2.45, 2.75) is 31.3 Å². The number of rotatable bonds is 0. The normalized spacial score (nSPS) is 30.5. The maximum Gasteiger partial charge on any atom is 0.271 e. The molecule has 0 saturated carbocycles. The first kappa shape index (κ1) is 7.38. The molecule has 4 heteroatoms. The molecule has 13 heavy (non-hydrogen) atoms. The van der Waals surface area contributed by atoms with E-state index in [0.29, 0.717) is 12.1 Å². The molecule has 3 heterocycles. The summed E-state index contributed by atoms with van der Waals surface area (Å²) >= 11 is 0. The van der Waals surface area contributed by atoms with Crippen molar-refractivity contribution in [2.75, 3.05) is 0 Å². The van der Waals surface area contributed by atoms with E-state index in [1.54, 1.807) is 11.7 Å². The summed E-state index contributed by atoms with van der Waals surface area (Å²) in [4.78, 5) is 11.7. The molecule has 0 amide bonds. The van der Waals surface area contributed by atoms with Gasteiger partial charge in [-0.25, -0.2) is 0 Å². The van der Waals surface area contributed by atoms with E-state index in [-0.39, 0.29) is 5.56 Å². The summed E-state index contributed by atoms with van der Waals surface area (Å²) in [5.41, 5.74) is 2.28. The zero-order valence-electron chi connectivity index (χ0n) is 7.63. The number of aryl methyl sites for hydroxylation is 1. The maximum absolute atomic E-state index is 11.7. The molecule has 0 unspecified atom stereocenters. The predicted molar refractivity (Wildman–Crippen MR) is 48.6 cm³/mol. The SMILES string of the molecule is Cn1[nH]c2c(c1=O)[C@H]1CC[C@@H](C2)N1. The second-order valence-electron chi connectivity index (χ2n) is 4.07. The molecular weight excluding hydrogens is 166 g/mol. The Morgan fingerprint density at radius 1 is 1.46 bits per heavy atom. The molecule has 1 aromatic rings. The van der Waals surface area contributed by atoms with Crippen molar-refractivity contribution in [3.8, 4) is 0 Å². The zero-order chi connectivity index (χ0) is 9.00. The van der Waals surface area contributed by atoms with Gasteiger partial charge in [0.15, 0.2) is 0 Å². The van der Waals surface area contributed by atoms with Crippen molar-refractivity contribution in [1.82, 2.24) is 15.1 Å². The molecule has 2 bridgehead atoms. The third-order valence-corrected chi connectivity index (χ3v) is 3.20. The van der Waals surface area contributed by atoms with E-state index in [2.05, 4.69) is 10.4 Å². The molecule has 70 valence electrons. The fourth-order valence-electron chi connectivity index (χ4n) is 2.59. The fraction of sp³-hybridized carbons (Fsp3) is 0.667. The average molecular weight is 179 g/mol. The number of fused-ring (bicyclic) bond motifs is 4. The van der Waals surface area contributed by atoms with E-state index < -0.39 is 0 Å². The summed E-state index contributed by atoms with van der Waals surface area (Å²) in [5.74, 6) is 0. The van der Waals surface area contributed by atoms with Gasteiger partial charge in [-0.05, 0) is 12.8 Å². The third-order valence-electron chi connectivity index (χ3n) is 3.20. The lowest BCUT2D eigenvalue weighted by Crippen LogP contribution is -2.33. The van der Waals surface area contributed by atoms with Crippen LogP contribution in [0.3, 0.4) is 0 Å². The van der Waals surface area contributed by atoms with Crippen LogP contribution in [0.15, 0.2) is 4.79 Å². The molecule has 2 N–H and O–H groups in total. The van der Waals surface area contributed by atoms with Crippen LogP contribution >= 0.6 is 0 Å². The minimum Gasteiger partial charge on any atom is -0.307 e. The van der Waals surface area contributed by atoms with Gasteiger partial charge >= 0.3 is 0 Å². The number of nitrogens with zero attached hydrogens (tertiary/aromatic N) is 1. The van der Waals surface area contributed by atoms with Gasteiger partial charge in [-0.2, -0.15) is 0 Å². The highest BCUT2D eigenvalue weighted by Crippen LogP contribution is 2.32. The Balaban J connectivity index is 2.22. The van der Waals surface area contributed by atoms with Gasteiger partial charge in [0.1, 0.15) is 0 Å². The van der Waals surface area contributed by atoms with Crippen LogP contribution in [0.25, 0.3) is 0 Å². The highest BCUT2D eigenvalue weighted by Gasteiger charge is 2.35. The van der Waals surface area contributed by atoms with Crippen LogP contribution in [0.2, 0.25) is 0 Å². The van der Waals surface area contributed by atoms with Gasteiger partial charge in [0.25, 0.3) is 5.56 Å². The minimum atomic E-state index is 0.146.